The van der Waals surface area contributed by atoms with Gasteiger partial charge in [0.1, 0.15) is 5.75 Å². The average molecular weight is 277 g/mol. The number of fused-ring (bicyclic) bond motifs is 1. The summed E-state index contributed by atoms with van der Waals surface area (Å²) in [4.78, 5) is 11.1. The highest BCUT2D eigenvalue weighted by molar-refractivity contribution is 5.69. The molecule has 0 heterocycles. The number of carbonyl (C=O) groups is 1. The molecule has 4 heteroatoms. The molecule has 0 aromatic heterocycles. The van der Waals surface area contributed by atoms with Gasteiger partial charge < -0.3 is 15.2 Å². The van der Waals surface area contributed by atoms with Crippen molar-refractivity contribution in [1.82, 2.24) is 0 Å². The lowest BCUT2D eigenvalue weighted by Gasteiger charge is -2.11. The van der Waals surface area contributed by atoms with Crippen LogP contribution in [0.5, 0.6) is 5.75 Å². The minimum atomic E-state index is -0.142. The number of nitrogens with two attached hydrogens (primary N) is 1. The molecule has 2 rings (SSSR count). The lowest BCUT2D eigenvalue weighted by atomic mass is 10.0. The Labute approximate surface area is 120 Å². The van der Waals surface area contributed by atoms with E-state index in [2.05, 4.69) is 16.9 Å². The van der Waals surface area contributed by atoms with Crippen LogP contribution in [0.15, 0.2) is 12.1 Å². The first-order valence-corrected chi connectivity index (χ1v) is 7.15. The van der Waals surface area contributed by atoms with Crippen LogP contribution in [0, 0.1) is 0 Å². The fraction of sp³-hybridized carbons (Fsp3) is 0.562. The molecule has 1 aliphatic rings. The predicted octanol–water partition coefficient (Wildman–Crippen LogP) is 2.01. The third kappa shape index (κ3) is 3.51. The lowest BCUT2D eigenvalue weighted by molar-refractivity contribution is -0.140. The van der Waals surface area contributed by atoms with Gasteiger partial charge in [-0.3, -0.25) is 4.79 Å². The van der Waals surface area contributed by atoms with Gasteiger partial charge in [0.05, 0.1) is 14.2 Å². The summed E-state index contributed by atoms with van der Waals surface area (Å²) in [5.74, 6) is 0.799. The topological polar surface area (TPSA) is 61.5 Å². The van der Waals surface area contributed by atoms with E-state index in [0.29, 0.717) is 6.42 Å². The van der Waals surface area contributed by atoms with Crippen molar-refractivity contribution in [1.29, 1.82) is 0 Å². The van der Waals surface area contributed by atoms with Crippen molar-refractivity contribution < 1.29 is 14.3 Å². The maximum atomic E-state index is 11.1. The Bertz CT molecular complexity index is 485. The smallest absolute Gasteiger partial charge is 0.305 e. The highest BCUT2D eigenvalue weighted by Crippen LogP contribution is 2.30. The van der Waals surface area contributed by atoms with Gasteiger partial charge in [-0.1, -0.05) is 6.07 Å². The number of esters is 1. The summed E-state index contributed by atoms with van der Waals surface area (Å²) >= 11 is 0. The number of unbranched alkanes of at least 4 members (excludes halogenated alkanes) is 1. The van der Waals surface area contributed by atoms with E-state index in [0.717, 1.165) is 37.9 Å². The Morgan fingerprint density at radius 3 is 2.60 bits per heavy atom. The van der Waals surface area contributed by atoms with Gasteiger partial charge in [0, 0.05) is 12.5 Å². The van der Waals surface area contributed by atoms with Gasteiger partial charge in [-0.25, -0.2) is 0 Å². The molecule has 0 spiro atoms. The Morgan fingerprint density at radius 1 is 1.25 bits per heavy atom. The molecular formula is C16H23NO3. The molecule has 2 N–H and O–H groups in total. The van der Waals surface area contributed by atoms with Crippen LogP contribution in [0.4, 0.5) is 0 Å². The molecule has 110 valence electrons. The molecule has 0 aliphatic heterocycles. The second kappa shape index (κ2) is 6.75. The van der Waals surface area contributed by atoms with E-state index in [9.17, 15) is 4.79 Å². The van der Waals surface area contributed by atoms with Crippen LogP contribution in [0.1, 0.15) is 36.0 Å². The van der Waals surface area contributed by atoms with Crippen LogP contribution in [0.3, 0.4) is 0 Å². The molecule has 0 fully saturated rings. The monoisotopic (exact) mass is 277 g/mol. The summed E-state index contributed by atoms with van der Waals surface area (Å²) in [6.07, 6.45) is 5.09. The molecular weight excluding hydrogens is 254 g/mol. The molecule has 0 amide bonds. The average Bonchev–Trinajstić information content (AvgIpc) is 2.81. The van der Waals surface area contributed by atoms with Gasteiger partial charge in [-0.15, -0.1) is 0 Å². The van der Waals surface area contributed by atoms with E-state index in [1.807, 2.05) is 0 Å². The third-order valence-electron chi connectivity index (χ3n) is 3.87. The standard InChI is InChI=1S/C16H23NO3/c1-19-15-10-13-9-14(17)8-12(13)7-11(15)5-3-4-6-16(18)20-2/h7,10,14H,3-6,8-9,17H2,1-2H3. The van der Waals surface area contributed by atoms with Gasteiger partial charge in [-0.2, -0.15) is 0 Å². The minimum absolute atomic E-state index is 0.142. The second-order valence-electron chi connectivity index (χ2n) is 5.38. The van der Waals surface area contributed by atoms with E-state index in [4.69, 9.17) is 10.5 Å². The first kappa shape index (κ1) is 14.9. The van der Waals surface area contributed by atoms with Crippen LogP contribution in [-0.2, 0) is 28.8 Å². The Morgan fingerprint density at radius 2 is 1.95 bits per heavy atom. The third-order valence-corrected chi connectivity index (χ3v) is 3.87. The normalized spacial score (nSPS) is 16.9. The summed E-state index contributed by atoms with van der Waals surface area (Å²) in [6, 6.07) is 4.58. The Hall–Kier alpha value is -1.55. The molecule has 1 aliphatic carbocycles. The van der Waals surface area contributed by atoms with Gasteiger partial charge in [0.2, 0.25) is 0 Å². The molecule has 1 atom stereocenters. The molecule has 0 bridgehead atoms. The largest absolute Gasteiger partial charge is 0.496 e. The highest BCUT2D eigenvalue weighted by atomic mass is 16.5. The quantitative estimate of drug-likeness (QED) is 0.638. The molecule has 0 saturated carbocycles. The molecule has 0 radical (unpaired) electrons. The summed E-state index contributed by atoms with van der Waals surface area (Å²) < 4.78 is 10.1. The summed E-state index contributed by atoms with van der Waals surface area (Å²) in [6.45, 7) is 0. The summed E-state index contributed by atoms with van der Waals surface area (Å²) in [5.41, 5.74) is 9.88. The first-order valence-electron chi connectivity index (χ1n) is 7.15. The number of aryl methyl sites for hydroxylation is 1. The zero-order valence-electron chi connectivity index (χ0n) is 12.3. The van der Waals surface area contributed by atoms with E-state index in [-0.39, 0.29) is 12.0 Å². The van der Waals surface area contributed by atoms with Crippen LogP contribution in [0.25, 0.3) is 0 Å². The van der Waals surface area contributed by atoms with E-state index < -0.39 is 0 Å². The SMILES string of the molecule is COC(=O)CCCCc1cc2c(cc1OC)CC(N)C2. The van der Waals surface area contributed by atoms with Gasteiger partial charge in [0.15, 0.2) is 0 Å². The van der Waals surface area contributed by atoms with Crippen molar-refractivity contribution in [2.75, 3.05) is 14.2 Å². The number of methoxy groups -OCH3 is 2. The fourth-order valence-corrected chi connectivity index (χ4v) is 2.81. The number of hydrogen-bond acceptors (Lipinski definition) is 4. The van der Waals surface area contributed by atoms with Gasteiger partial charge in [-0.05, 0) is 54.9 Å². The molecule has 4 nitrogen and oxygen atoms in total. The summed E-state index contributed by atoms with van der Waals surface area (Å²) in [5, 5.41) is 0. The maximum Gasteiger partial charge on any atom is 0.305 e. The van der Waals surface area contributed by atoms with Crippen molar-refractivity contribution in [3.63, 3.8) is 0 Å². The van der Waals surface area contributed by atoms with Crippen molar-refractivity contribution >= 4 is 5.97 Å². The summed E-state index contributed by atoms with van der Waals surface area (Å²) in [7, 11) is 3.13. The molecule has 20 heavy (non-hydrogen) atoms. The van der Waals surface area contributed by atoms with E-state index in [1.54, 1.807) is 7.11 Å². The molecule has 1 unspecified atom stereocenters. The van der Waals surface area contributed by atoms with Crippen molar-refractivity contribution in [2.45, 2.75) is 44.6 Å². The van der Waals surface area contributed by atoms with E-state index >= 15 is 0 Å². The number of carbonyl (C=O) groups excluding carboxylic acids is 1. The zero-order chi connectivity index (χ0) is 14.5. The van der Waals surface area contributed by atoms with Crippen LogP contribution < -0.4 is 10.5 Å². The number of hydrogen-bond donors (Lipinski definition) is 1. The lowest BCUT2D eigenvalue weighted by Crippen LogP contribution is -2.18. The Kier molecular flexibility index (Phi) is 5.01. The van der Waals surface area contributed by atoms with Gasteiger partial charge in [0.25, 0.3) is 0 Å². The van der Waals surface area contributed by atoms with Crippen LogP contribution >= 0.6 is 0 Å². The molecule has 1 aromatic rings. The molecule has 1 aromatic carbocycles. The number of rotatable bonds is 6. The fourth-order valence-electron chi connectivity index (χ4n) is 2.81. The van der Waals surface area contributed by atoms with Crippen molar-refractivity contribution in [2.24, 2.45) is 5.73 Å². The molecule has 0 saturated heterocycles. The first-order chi connectivity index (χ1) is 9.63. The van der Waals surface area contributed by atoms with Crippen molar-refractivity contribution in [3.05, 3.63) is 28.8 Å². The van der Waals surface area contributed by atoms with E-state index in [1.165, 1.54) is 23.8 Å². The minimum Gasteiger partial charge on any atom is -0.496 e. The maximum absolute atomic E-state index is 11.1. The van der Waals surface area contributed by atoms with Crippen LogP contribution in [-0.4, -0.2) is 26.2 Å². The predicted molar refractivity (Wildman–Crippen MR) is 77.9 cm³/mol. The zero-order valence-corrected chi connectivity index (χ0v) is 12.3. The van der Waals surface area contributed by atoms with Gasteiger partial charge >= 0.3 is 5.97 Å². The Balaban J connectivity index is 1.97. The van der Waals surface area contributed by atoms with Crippen LogP contribution in [0.2, 0.25) is 0 Å². The second-order valence-corrected chi connectivity index (χ2v) is 5.38. The number of ether oxygens (including phenoxy) is 2. The van der Waals surface area contributed by atoms with Crippen molar-refractivity contribution in [3.8, 4) is 5.75 Å². The highest BCUT2D eigenvalue weighted by Gasteiger charge is 2.20. The number of benzene rings is 1.